The van der Waals surface area contributed by atoms with Gasteiger partial charge in [0.15, 0.2) is 0 Å². The molecule has 0 radical (unpaired) electrons. The Hall–Kier alpha value is -3.08. The van der Waals surface area contributed by atoms with E-state index >= 15 is 0 Å². The second-order valence-corrected chi connectivity index (χ2v) is 7.35. The highest BCUT2D eigenvalue weighted by atomic mass is 19.1. The lowest BCUT2D eigenvalue weighted by atomic mass is 9.92. The van der Waals surface area contributed by atoms with E-state index in [1.807, 2.05) is 0 Å². The Morgan fingerprint density at radius 2 is 2.21 bits per heavy atom. The SMILES string of the molecule is Cc1c(CC(=O)N[C@@H](C)C2CCC(C#N)C[N+]2=O)c(=O)[nH]c2cc(F)ccc12. The molecule has 0 saturated carbocycles. The van der Waals surface area contributed by atoms with Crippen molar-refractivity contribution in [2.75, 3.05) is 6.54 Å². The molecule has 1 saturated heterocycles. The molecule has 2 aromatic rings. The van der Waals surface area contributed by atoms with Crippen molar-refractivity contribution in [3.8, 4) is 6.07 Å². The molecule has 1 fully saturated rings. The Balaban J connectivity index is 1.73. The molecule has 2 unspecified atom stereocenters. The van der Waals surface area contributed by atoms with Crippen LogP contribution in [0.1, 0.15) is 30.9 Å². The van der Waals surface area contributed by atoms with Crippen LogP contribution >= 0.6 is 0 Å². The number of carbonyl (C=O) groups is 1. The van der Waals surface area contributed by atoms with Crippen LogP contribution in [0.5, 0.6) is 0 Å². The number of fused-ring (bicyclic) bond motifs is 1. The van der Waals surface area contributed by atoms with Crippen molar-refractivity contribution in [2.24, 2.45) is 5.92 Å². The molecule has 7 nitrogen and oxygen atoms in total. The first-order valence-electron chi connectivity index (χ1n) is 9.24. The molecule has 1 aliphatic heterocycles. The van der Waals surface area contributed by atoms with E-state index in [2.05, 4.69) is 16.4 Å². The lowest BCUT2D eigenvalue weighted by Crippen LogP contribution is -2.49. The number of amides is 1. The predicted octanol–water partition coefficient (Wildman–Crippen LogP) is 2.10. The Kier molecular flexibility index (Phi) is 5.54. The van der Waals surface area contributed by atoms with E-state index in [1.54, 1.807) is 19.9 Å². The summed E-state index contributed by atoms with van der Waals surface area (Å²) in [5, 5.41) is 12.4. The minimum atomic E-state index is -0.449. The third kappa shape index (κ3) is 3.93. The number of aryl methyl sites for hydroxylation is 1. The van der Waals surface area contributed by atoms with Crippen molar-refractivity contribution in [3.63, 3.8) is 0 Å². The van der Waals surface area contributed by atoms with Gasteiger partial charge in [0.25, 0.3) is 5.56 Å². The maximum Gasteiger partial charge on any atom is 0.252 e. The number of halogens is 1. The number of H-pyrrole nitrogens is 1. The van der Waals surface area contributed by atoms with E-state index in [0.29, 0.717) is 34.9 Å². The lowest BCUT2D eigenvalue weighted by molar-refractivity contribution is -0.603. The maximum absolute atomic E-state index is 13.4. The Morgan fingerprint density at radius 3 is 2.89 bits per heavy atom. The zero-order valence-corrected chi connectivity index (χ0v) is 15.8. The number of benzene rings is 1. The smallest absolute Gasteiger partial charge is 0.252 e. The molecule has 2 heterocycles. The number of rotatable bonds is 4. The molecule has 2 N–H and O–H groups in total. The quantitative estimate of drug-likeness (QED) is 0.786. The van der Waals surface area contributed by atoms with Gasteiger partial charge in [0, 0.05) is 27.0 Å². The van der Waals surface area contributed by atoms with Gasteiger partial charge < -0.3 is 10.3 Å². The third-order valence-corrected chi connectivity index (χ3v) is 5.43. The number of carbonyl (C=O) groups excluding carboxylic acids is 1. The average molecular weight is 385 g/mol. The average Bonchev–Trinajstić information content (AvgIpc) is 2.64. The highest BCUT2D eigenvalue weighted by Gasteiger charge is 2.39. The predicted molar refractivity (Wildman–Crippen MR) is 101 cm³/mol. The molecular formula is C20H22FN4O3+. The fourth-order valence-corrected chi connectivity index (χ4v) is 3.82. The highest BCUT2D eigenvalue weighted by molar-refractivity contribution is 5.85. The van der Waals surface area contributed by atoms with Crippen molar-refractivity contribution < 1.29 is 13.9 Å². The van der Waals surface area contributed by atoms with E-state index in [1.165, 1.54) is 12.1 Å². The Morgan fingerprint density at radius 1 is 1.46 bits per heavy atom. The van der Waals surface area contributed by atoms with Gasteiger partial charge in [0.2, 0.25) is 18.5 Å². The standard InChI is InChI=1S/C20H21FN4O3/c1-11-15-5-4-14(21)7-17(15)24-20(27)16(11)8-19(26)23-12(2)18-6-3-13(9-22)10-25(18)28/h4-5,7,12-13,18H,3,6,8,10H2,1-2H3,(H-,23,24,26,27)/p+1/t12-,13?,18?/m0/s1. The molecule has 0 bridgehead atoms. The molecule has 0 spiro atoms. The van der Waals surface area contributed by atoms with Gasteiger partial charge in [-0.15, -0.1) is 0 Å². The van der Waals surface area contributed by atoms with Gasteiger partial charge >= 0.3 is 0 Å². The summed E-state index contributed by atoms with van der Waals surface area (Å²) < 4.78 is 14.2. The van der Waals surface area contributed by atoms with Crippen LogP contribution in [-0.2, 0) is 11.2 Å². The van der Waals surface area contributed by atoms with Gasteiger partial charge in [-0.25, -0.2) is 4.39 Å². The molecule has 3 rings (SSSR count). The molecule has 28 heavy (non-hydrogen) atoms. The zero-order chi connectivity index (χ0) is 20.4. The molecule has 3 atom stereocenters. The van der Waals surface area contributed by atoms with Gasteiger partial charge in [0.1, 0.15) is 11.7 Å². The van der Waals surface area contributed by atoms with Crippen molar-refractivity contribution in [1.82, 2.24) is 10.3 Å². The minimum absolute atomic E-state index is 0.134. The normalized spacial score (nSPS) is 20.6. The number of pyridine rings is 1. The number of nitroso groups, excluding NO2 is 1. The number of aromatic amines is 1. The van der Waals surface area contributed by atoms with Gasteiger partial charge in [0.05, 0.1) is 24.0 Å². The molecular weight excluding hydrogens is 363 g/mol. The van der Waals surface area contributed by atoms with Crippen LogP contribution in [0.25, 0.3) is 10.9 Å². The van der Waals surface area contributed by atoms with Crippen LogP contribution in [0.4, 0.5) is 4.39 Å². The third-order valence-electron chi connectivity index (χ3n) is 5.43. The number of piperidine rings is 1. The van der Waals surface area contributed by atoms with E-state index in [0.717, 1.165) is 4.76 Å². The molecule has 1 amide bonds. The number of hydrogen-bond acceptors (Lipinski definition) is 4. The number of nitrogens with one attached hydrogen (secondary N) is 2. The zero-order valence-electron chi connectivity index (χ0n) is 15.8. The van der Waals surface area contributed by atoms with Crippen LogP contribution in [0.3, 0.4) is 0 Å². The summed E-state index contributed by atoms with van der Waals surface area (Å²) in [7, 11) is 0. The van der Waals surface area contributed by atoms with E-state index in [9.17, 15) is 18.9 Å². The van der Waals surface area contributed by atoms with Crippen molar-refractivity contribution in [2.45, 2.75) is 45.2 Å². The molecule has 1 aliphatic rings. The first kappa shape index (κ1) is 19.7. The van der Waals surface area contributed by atoms with Crippen LogP contribution in [0.2, 0.25) is 0 Å². The summed E-state index contributed by atoms with van der Waals surface area (Å²) >= 11 is 0. The number of aromatic nitrogens is 1. The minimum Gasteiger partial charge on any atom is -0.347 e. The first-order chi connectivity index (χ1) is 13.3. The maximum atomic E-state index is 13.4. The summed E-state index contributed by atoms with van der Waals surface area (Å²) in [6.07, 6.45) is 1.02. The van der Waals surface area contributed by atoms with Crippen LogP contribution in [0, 0.1) is 34.9 Å². The van der Waals surface area contributed by atoms with Gasteiger partial charge in [-0.1, -0.05) is 0 Å². The van der Waals surface area contributed by atoms with E-state index in [4.69, 9.17) is 5.26 Å². The fourth-order valence-electron chi connectivity index (χ4n) is 3.82. The largest absolute Gasteiger partial charge is 0.347 e. The summed E-state index contributed by atoms with van der Waals surface area (Å²) in [5.41, 5.74) is 0.896. The summed E-state index contributed by atoms with van der Waals surface area (Å²) in [5.74, 6) is -1.09. The van der Waals surface area contributed by atoms with Crippen LogP contribution in [0.15, 0.2) is 23.0 Å². The molecule has 1 aromatic carbocycles. The van der Waals surface area contributed by atoms with Crippen molar-refractivity contribution in [3.05, 3.63) is 50.4 Å². The number of nitrogens with zero attached hydrogens (tertiary/aromatic N) is 2. The number of nitriles is 1. The number of hydrogen-bond donors (Lipinski definition) is 2. The second-order valence-electron chi connectivity index (χ2n) is 7.35. The topological polar surface area (TPSA) is 106 Å². The molecule has 0 aliphatic carbocycles. The first-order valence-corrected chi connectivity index (χ1v) is 9.24. The van der Waals surface area contributed by atoms with Crippen LogP contribution < -0.4 is 10.9 Å². The van der Waals surface area contributed by atoms with Gasteiger partial charge in [-0.05, 0) is 44.0 Å². The fraction of sp³-hybridized carbons (Fsp3) is 0.450. The van der Waals surface area contributed by atoms with Crippen molar-refractivity contribution in [1.29, 1.82) is 5.26 Å². The molecule has 146 valence electrons. The molecule has 1 aromatic heterocycles. The summed E-state index contributed by atoms with van der Waals surface area (Å²) in [6.45, 7) is 3.62. The van der Waals surface area contributed by atoms with E-state index in [-0.39, 0.29) is 24.8 Å². The molecule has 8 heteroatoms. The van der Waals surface area contributed by atoms with Crippen LogP contribution in [-0.4, -0.2) is 34.3 Å². The monoisotopic (exact) mass is 385 g/mol. The van der Waals surface area contributed by atoms with Gasteiger partial charge in [-0.2, -0.15) is 5.26 Å². The Bertz CT molecular complexity index is 1040. The van der Waals surface area contributed by atoms with E-state index < -0.39 is 23.5 Å². The lowest BCUT2D eigenvalue weighted by Gasteiger charge is -2.23. The Labute approximate surface area is 161 Å². The summed E-state index contributed by atoms with van der Waals surface area (Å²) in [6, 6.07) is 5.43. The second kappa shape index (κ2) is 7.89. The summed E-state index contributed by atoms with van der Waals surface area (Å²) in [4.78, 5) is 39.6. The highest BCUT2D eigenvalue weighted by Crippen LogP contribution is 2.21. The van der Waals surface area contributed by atoms with Crippen molar-refractivity contribution >= 4 is 16.8 Å². The van der Waals surface area contributed by atoms with Gasteiger partial charge in [-0.3, -0.25) is 9.59 Å².